The zero-order valence-corrected chi connectivity index (χ0v) is 24.5. The maximum atomic E-state index is 13.6. The molecule has 12 heteroatoms. The van der Waals surface area contributed by atoms with Crippen LogP contribution in [0.15, 0.2) is 75.6 Å². The highest BCUT2D eigenvalue weighted by atomic mass is 32.2. The average Bonchev–Trinajstić information content (AvgIpc) is 3.57. The first-order valence-electron chi connectivity index (χ1n) is 13.5. The number of amidine groups is 1. The Bertz CT molecular complexity index is 1600. The van der Waals surface area contributed by atoms with E-state index >= 15 is 0 Å². The summed E-state index contributed by atoms with van der Waals surface area (Å²) in [6.07, 6.45) is 3.26. The van der Waals surface area contributed by atoms with E-state index in [4.69, 9.17) is 14.6 Å². The number of rotatable bonds is 5. The Hall–Kier alpha value is -3.29. The predicted molar refractivity (Wildman–Crippen MR) is 158 cm³/mol. The Morgan fingerprint density at radius 3 is 2.46 bits per heavy atom. The van der Waals surface area contributed by atoms with Gasteiger partial charge in [0.05, 0.1) is 40.9 Å². The molecule has 3 aliphatic rings. The fourth-order valence-electron chi connectivity index (χ4n) is 5.14. The minimum absolute atomic E-state index is 0.188. The van der Waals surface area contributed by atoms with E-state index in [2.05, 4.69) is 9.89 Å². The van der Waals surface area contributed by atoms with E-state index in [1.807, 2.05) is 56.4 Å². The van der Waals surface area contributed by atoms with Crippen LogP contribution in [0, 0.1) is 0 Å². The van der Waals surface area contributed by atoms with Crippen molar-refractivity contribution in [2.45, 2.75) is 31.0 Å². The van der Waals surface area contributed by atoms with Gasteiger partial charge in [0.1, 0.15) is 5.69 Å². The zero-order chi connectivity index (χ0) is 28.6. The molecule has 0 radical (unpaired) electrons. The van der Waals surface area contributed by atoms with E-state index in [1.165, 1.54) is 16.1 Å². The van der Waals surface area contributed by atoms with Gasteiger partial charge in [-0.15, -0.1) is 0 Å². The van der Waals surface area contributed by atoms with Gasteiger partial charge in [-0.1, -0.05) is 30.3 Å². The van der Waals surface area contributed by atoms with Crippen molar-refractivity contribution in [3.63, 3.8) is 0 Å². The second kappa shape index (κ2) is 11.5. The monoisotopic (exact) mass is 593 g/mol. The van der Waals surface area contributed by atoms with Gasteiger partial charge in [-0.2, -0.15) is 14.4 Å². The number of para-hydroxylation sites is 1. The number of aromatic nitrogens is 2. The number of sulfonamides is 1. The Balaban J connectivity index is 1.37. The first-order valence-corrected chi connectivity index (χ1v) is 15.8. The third kappa shape index (κ3) is 5.88. The van der Waals surface area contributed by atoms with Crippen LogP contribution in [0.1, 0.15) is 19.4 Å². The quantitative estimate of drug-likeness (QED) is 0.413. The average molecular weight is 594 g/mol. The molecule has 0 bridgehead atoms. The number of aliphatic imine (C=N–C) groups is 1. The van der Waals surface area contributed by atoms with Crippen molar-refractivity contribution in [3.8, 4) is 16.9 Å². The van der Waals surface area contributed by atoms with Crippen LogP contribution in [0.3, 0.4) is 0 Å². The van der Waals surface area contributed by atoms with Crippen molar-refractivity contribution in [1.82, 2.24) is 19.0 Å². The van der Waals surface area contributed by atoms with E-state index in [-0.39, 0.29) is 23.0 Å². The number of hydrogen-bond acceptors (Lipinski definition) is 8. The molecule has 6 rings (SSSR count). The lowest BCUT2D eigenvalue weighted by molar-refractivity contribution is -0.113. The molecular formula is C29H31N5O5S2. The van der Waals surface area contributed by atoms with Crippen molar-refractivity contribution >= 4 is 38.9 Å². The molecule has 2 fully saturated rings. The van der Waals surface area contributed by atoms with Crippen molar-refractivity contribution in [1.29, 1.82) is 0 Å². The van der Waals surface area contributed by atoms with Crippen LogP contribution < -0.4 is 0 Å². The lowest BCUT2D eigenvalue weighted by atomic mass is 10.1. The number of nitrogens with zero attached hydrogens (tertiary/aromatic N) is 5. The summed E-state index contributed by atoms with van der Waals surface area (Å²) in [4.78, 5) is 19.9. The topological polar surface area (TPSA) is 106 Å². The highest BCUT2D eigenvalue weighted by molar-refractivity contribution is 8.18. The summed E-state index contributed by atoms with van der Waals surface area (Å²) in [6.45, 7) is 6.91. The number of hydrogen-bond donors (Lipinski definition) is 0. The van der Waals surface area contributed by atoms with Crippen LogP contribution in [0.5, 0.6) is 0 Å². The molecule has 10 nitrogen and oxygen atoms in total. The highest BCUT2D eigenvalue weighted by Crippen LogP contribution is 2.34. The predicted octanol–water partition coefficient (Wildman–Crippen LogP) is 3.64. The molecule has 3 aromatic rings. The number of amides is 1. The Kier molecular flexibility index (Phi) is 7.84. The molecule has 0 N–H and O–H groups in total. The van der Waals surface area contributed by atoms with Gasteiger partial charge >= 0.3 is 0 Å². The molecule has 1 amide bonds. The molecule has 0 saturated carbocycles. The van der Waals surface area contributed by atoms with Crippen LogP contribution in [0.25, 0.3) is 23.0 Å². The van der Waals surface area contributed by atoms with Gasteiger partial charge in [-0.25, -0.2) is 13.1 Å². The molecule has 4 heterocycles. The van der Waals surface area contributed by atoms with Crippen molar-refractivity contribution < 1.29 is 22.7 Å². The molecule has 41 heavy (non-hydrogen) atoms. The number of carbonyl (C=O) groups is 1. The lowest BCUT2D eigenvalue weighted by Gasteiger charge is -2.34. The molecule has 2 aromatic carbocycles. The van der Waals surface area contributed by atoms with Crippen LogP contribution in [0.2, 0.25) is 0 Å². The molecule has 3 aliphatic heterocycles. The number of benzene rings is 2. The number of morpholine rings is 2. The summed E-state index contributed by atoms with van der Waals surface area (Å²) in [6, 6.07) is 16.5. The van der Waals surface area contributed by atoms with E-state index in [1.54, 1.807) is 29.0 Å². The third-order valence-corrected chi connectivity index (χ3v) is 9.94. The molecule has 0 spiro atoms. The smallest absolute Gasteiger partial charge is 0.286 e. The molecule has 0 aliphatic carbocycles. The first kappa shape index (κ1) is 27.9. The van der Waals surface area contributed by atoms with Crippen molar-refractivity contribution in [3.05, 3.63) is 71.3 Å². The third-order valence-electron chi connectivity index (χ3n) is 7.07. The van der Waals surface area contributed by atoms with E-state index in [0.29, 0.717) is 66.3 Å². The Morgan fingerprint density at radius 2 is 1.73 bits per heavy atom. The molecule has 2 atom stereocenters. The minimum atomic E-state index is -3.76. The van der Waals surface area contributed by atoms with Gasteiger partial charge in [0.15, 0.2) is 5.17 Å². The standard InChI is InChI=1S/C29H31N5O5S2/c1-20-17-33(18-21(2)39-20)41(36,37)25-10-6-7-22(15-25)27-23(19-34(31-27)24-8-4-3-5-9-24)16-26-28(35)30-29(40-26)32-11-13-38-14-12-32/h3-10,15-16,19-21H,11-14,17-18H2,1-2H3. The van der Waals surface area contributed by atoms with Crippen LogP contribution in [0.4, 0.5) is 0 Å². The SMILES string of the molecule is CC1CN(S(=O)(=O)c2cccc(-c3nn(-c4ccccc4)cc3C=C3SC(N4CCOCC4)=NC3=O)c2)CC(C)O1. The largest absolute Gasteiger partial charge is 0.378 e. The number of carbonyl (C=O) groups excluding carboxylic acids is 1. The lowest BCUT2D eigenvalue weighted by Crippen LogP contribution is -2.48. The summed E-state index contributed by atoms with van der Waals surface area (Å²) in [5.74, 6) is -0.304. The Morgan fingerprint density at radius 1 is 1.00 bits per heavy atom. The Labute approximate surface area is 243 Å². The first-order chi connectivity index (χ1) is 19.8. The maximum absolute atomic E-state index is 13.6. The fraction of sp³-hybridized carbons (Fsp3) is 0.345. The highest BCUT2D eigenvalue weighted by Gasteiger charge is 2.33. The van der Waals surface area contributed by atoms with Crippen LogP contribution in [-0.4, -0.2) is 90.1 Å². The zero-order valence-electron chi connectivity index (χ0n) is 22.8. The summed E-state index contributed by atoms with van der Waals surface area (Å²) < 4.78 is 41.7. The van der Waals surface area contributed by atoms with Gasteiger partial charge in [-0.05, 0) is 56.0 Å². The van der Waals surface area contributed by atoms with Gasteiger partial charge < -0.3 is 14.4 Å². The van der Waals surface area contributed by atoms with Gasteiger partial charge in [0.25, 0.3) is 5.91 Å². The van der Waals surface area contributed by atoms with E-state index < -0.39 is 10.0 Å². The summed E-state index contributed by atoms with van der Waals surface area (Å²) in [7, 11) is -3.76. The second-order valence-corrected chi connectivity index (χ2v) is 13.2. The van der Waals surface area contributed by atoms with Gasteiger partial charge in [0, 0.05) is 43.5 Å². The minimum Gasteiger partial charge on any atom is -0.378 e. The molecule has 2 unspecified atom stereocenters. The molecule has 1 aromatic heterocycles. The van der Waals surface area contributed by atoms with Crippen molar-refractivity contribution in [2.24, 2.45) is 4.99 Å². The molecule has 2 saturated heterocycles. The number of thioether (sulfide) groups is 1. The summed E-state index contributed by atoms with van der Waals surface area (Å²) in [5.41, 5.74) is 2.72. The van der Waals surface area contributed by atoms with Crippen molar-refractivity contribution in [2.75, 3.05) is 39.4 Å². The van der Waals surface area contributed by atoms with E-state index in [0.717, 1.165) is 5.69 Å². The van der Waals surface area contributed by atoms with Gasteiger partial charge in [-0.3, -0.25) is 4.79 Å². The van der Waals surface area contributed by atoms with Crippen LogP contribution >= 0.6 is 11.8 Å². The second-order valence-electron chi connectivity index (χ2n) is 10.2. The van der Waals surface area contributed by atoms with Gasteiger partial charge in [0.2, 0.25) is 10.0 Å². The molecule has 214 valence electrons. The summed E-state index contributed by atoms with van der Waals surface area (Å²) >= 11 is 1.34. The maximum Gasteiger partial charge on any atom is 0.286 e. The molecular weight excluding hydrogens is 562 g/mol. The van der Waals surface area contributed by atoms with E-state index in [9.17, 15) is 13.2 Å². The normalized spacial score (nSPS) is 23.3. The fourth-order valence-corrected chi connectivity index (χ4v) is 7.73. The van der Waals surface area contributed by atoms with Crippen LogP contribution in [-0.2, 0) is 24.3 Å². The number of ether oxygens (including phenoxy) is 2. The summed E-state index contributed by atoms with van der Waals surface area (Å²) in [5, 5.41) is 5.52.